The van der Waals surface area contributed by atoms with E-state index < -0.39 is 11.8 Å². The summed E-state index contributed by atoms with van der Waals surface area (Å²) in [7, 11) is 1.85. The van der Waals surface area contributed by atoms with Gasteiger partial charge in [0.05, 0.1) is 16.1 Å². The first-order valence-electron chi connectivity index (χ1n) is 7.07. The minimum absolute atomic E-state index is 0.208. The summed E-state index contributed by atoms with van der Waals surface area (Å²) in [5.74, 6) is -0.935. The molecule has 24 heavy (non-hydrogen) atoms. The molecular formula is C17H13Cl2N3O2. The number of amides is 2. The van der Waals surface area contributed by atoms with E-state index >= 15 is 0 Å². The maximum absolute atomic E-state index is 12.4. The number of hydrazine groups is 1. The number of hydrogen-bond acceptors (Lipinski definition) is 2. The van der Waals surface area contributed by atoms with Crippen molar-refractivity contribution in [1.29, 1.82) is 0 Å². The Morgan fingerprint density at radius 3 is 2.33 bits per heavy atom. The molecule has 1 heterocycles. The van der Waals surface area contributed by atoms with Crippen LogP contribution in [0.1, 0.15) is 20.7 Å². The minimum atomic E-state index is -0.523. The number of rotatable bonds is 2. The van der Waals surface area contributed by atoms with Crippen LogP contribution in [0.5, 0.6) is 0 Å². The highest BCUT2D eigenvalue weighted by Crippen LogP contribution is 2.21. The van der Waals surface area contributed by atoms with Crippen molar-refractivity contribution in [3.05, 3.63) is 69.8 Å². The maximum Gasteiger partial charge on any atom is 0.271 e. The predicted molar refractivity (Wildman–Crippen MR) is 94.3 cm³/mol. The SMILES string of the molecule is Cn1cc(C(=O)NNC(=O)c2ccc(Cl)cc2Cl)c2ccccc21. The number of carbonyl (C=O) groups excluding carboxylic acids is 2. The van der Waals surface area contributed by atoms with Crippen molar-refractivity contribution in [1.82, 2.24) is 15.4 Å². The fraction of sp³-hybridized carbons (Fsp3) is 0.0588. The molecule has 0 spiro atoms. The first kappa shape index (κ1) is 16.4. The van der Waals surface area contributed by atoms with Gasteiger partial charge in [-0.25, -0.2) is 0 Å². The largest absolute Gasteiger partial charge is 0.350 e. The van der Waals surface area contributed by atoms with E-state index in [2.05, 4.69) is 10.9 Å². The van der Waals surface area contributed by atoms with E-state index in [-0.39, 0.29) is 10.6 Å². The van der Waals surface area contributed by atoms with Gasteiger partial charge in [-0.2, -0.15) is 0 Å². The van der Waals surface area contributed by atoms with Gasteiger partial charge in [-0.1, -0.05) is 41.4 Å². The van der Waals surface area contributed by atoms with Gasteiger partial charge in [0.1, 0.15) is 0 Å². The van der Waals surface area contributed by atoms with Crippen LogP contribution in [0.4, 0.5) is 0 Å². The van der Waals surface area contributed by atoms with Gasteiger partial charge in [0.15, 0.2) is 0 Å². The van der Waals surface area contributed by atoms with Crippen LogP contribution in [0, 0.1) is 0 Å². The molecule has 5 nitrogen and oxygen atoms in total. The molecule has 3 aromatic rings. The summed E-state index contributed by atoms with van der Waals surface area (Å²) >= 11 is 11.8. The molecule has 0 bridgehead atoms. The van der Waals surface area contributed by atoms with E-state index in [9.17, 15) is 9.59 Å². The summed E-state index contributed by atoms with van der Waals surface area (Å²) in [4.78, 5) is 24.5. The summed E-state index contributed by atoms with van der Waals surface area (Å²) in [6, 6.07) is 12.0. The van der Waals surface area contributed by atoms with E-state index in [1.54, 1.807) is 12.3 Å². The Labute approximate surface area is 148 Å². The van der Waals surface area contributed by atoms with Crippen LogP contribution >= 0.6 is 23.2 Å². The van der Waals surface area contributed by atoms with Gasteiger partial charge < -0.3 is 4.57 Å². The number of fused-ring (bicyclic) bond motifs is 1. The molecule has 2 N–H and O–H groups in total. The van der Waals surface area contributed by atoms with Crippen LogP contribution in [0.3, 0.4) is 0 Å². The highest BCUT2D eigenvalue weighted by Gasteiger charge is 2.16. The topological polar surface area (TPSA) is 63.1 Å². The average molecular weight is 362 g/mol. The molecule has 122 valence electrons. The van der Waals surface area contributed by atoms with Gasteiger partial charge >= 0.3 is 0 Å². The van der Waals surface area contributed by atoms with Crippen LogP contribution in [0.2, 0.25) is 10.0 Å². The van der Waals surface area contributed by atoms with Crippen molar-refractivity contribution in [3.8, 4) is 0 Å². The number of benzene rings is 2. The molecule has 0 radical (unpaired) electrons. The normalized spacial score (nSPS) is 10.6. The second-order valence-corrected chi connectivity index (χ2v) is 6.05. The molecule has 0 aliphatic carbocycles. The lowest BCUT2D eigenvalue weighted by Crippen LogP contribution is -2.41. The third-order valence-corrected chi connectivity index (χ3v) is 4.15. The van der Waals surface area contributed by atoms with Crippen molar-refractivity contribution in [3.63, 3.8) is 0 Å². The first-order chi connectivity index (χ1) is 11.5. The number of aryl methyl sites for hydroxylation is 1. The number of halogens is 2. The highest BCUT2D eigenvalue weighted by molar-refractivity contribution is 6.36. The number of hydrogen-bond donors (Lipinski definition) is 2. The summed E-state index contributed by atoms with van der Waals surface area (Å²) in [6.07, 6.45) is 1.71. The van der Waals surface area contributed by atoms with E-state index in [0.29, 0.717) is 10.6 Å². The van der Waals surface area contributed by atoms with Crippen molar-refractivity contribution in [2.75, 3.05) is 0 Å². The zero-order chi connectivity index (χ0) is 17.3. The molecule has 3 rings (SSSR count). The lowest BCUT2D eigenvalue weighted by molar-refractivity contribution is 0.0847. The second kappa shape index (κ2) is 6.55. The van der Waals surface area contributed by atoms with Crippen LogP contribution in [-0.4, -0.2) is 16.4 Å². The van der Waals surface area contributed by atoms with Crippen molar-refractivity contribution < 1.29 is 9.59 Å². The molecule has 0 unspecified atom stereocenters. The maximum atomic E-state index is 12.4. The third kappa shape index (κ3) is 3.09. The molecular weight excluding hydrogens is 349 g/mol. The summed E-state index contributed by atoms with van der Waals surface area (Å²) in [5.41, 5.74) is 6.37. The number of aromatic nitrogens is 1. The lowest BCUT2D eigenvalue weighted by atomic mass is 10.2. The van der Waals surface area contributed by atoms with E-state index in [1.165, 1.54) is 12.1 Å². The van der Waals surface area contributed by atoms with Gasteiger partial charge in [0, 0.05) is 29.2 Å². The van der Waals surface area contributed by atoms with Crippen molar-refractivity contribution >= 4 is 45.9 Å². The van der Waals surface area contributed by atoms with Crippen molar-refractivity contribution in [2.24, 2.45) is 7.05 Å². The summed E-state index contributed by atoms with van der Waals surface area (Å²) < 4.78 is 1.85. The second-order valence-electron chi connectivity index (χ2n) is 5.20. The molecule has 2 amide bonds. The summed E-state index contributed by atoms with van der Waals surface area (Å²) in [6.45, 7) is 0. The van der Waals surface area contributed by atoms with E-state index in [0.717, 1.165) is 10.9 Å². The van der Waals surface area contributed by atoms with Crippen LogP contribution in [0.15, 0.2) is 48.7 Å². The monoisotopic (exact) mass is 361 g/mol. The van der Waals surface area contributed by atoms with Gasteiger partial charge in [-0.05, 0) is 24.3 Å². The standard InChI is InChI=1S/C17H13Cl2N3O2/c1-22-9-13(11-4-2-3-5-15(11)22)17(24)21-20-16(23)12-7-6-10(18)8-14(12)19/h2-9H,1H3,(H,20,23)(H,21,24). The fourth-order valence-electron chi connectivity index (χ4n) is 2.44. The van der Waals surface area contributed by atoms with Gasteiger partial charge in [-0.15, -0.1) is 0 Å². The van der Waals surface area contributed by atoms with E-state index in [4.69, 9.17) is 23.2 Å². The molecule has 0 saturated carbocycles. The molecule has 2 aromatic carbocycles. The smallest absolute Gasteiger partial charge is 0.271 e. The highest BCUT2D eigenvalue weighted by atomic mass is 35.5. The summed E-state index contributed by atoms with van der Waals surface area (Å²) in [5, 5.41) is 1.44. The van der Waals surface area contributed by atoms with Crippen LogP contribution in [0.25, 0.3) is 10.9 Å². The zero-order valence-electron chi connectivity index (χ0n) is 12.6. The third-order valence-electron chi connectivity index (χ3n) is 3.61. The molecule has 0 aliphatic heterocycles. The number of para-hydroxylation sites is 1. The number of nitrogens with zero attached hydrogens (tertiary/aromatic N) is 1. The number of carbonyl (C=O) groups is 2. The molecule has 0 fully saturated rings. The van der Waals surface area contributed by atoms with Crippen molar-refractivity contribution in [2.45, 2.75) is 0 Å². The van der Waals surface area contributed by atoms with Crippen LogP contribution < -0.4 is 10.9 Å². The Morgan fingerprint density at radius 2 is 1.62 bits per heavy atom. The molecule has 0 atom stereocenters. The molecule has 0 saturated heterocycles. The lowest BCUT2D eigenvalue weighted by Gasteiger charge is -2.08. The Kier molecular flexibility index (Phi) is 4.46. The molecule has 7 heteroatoms. The van der Waals surface area contributed by atoms with Crippen LogP contribution in [-0.2, 0) is 7.05 Å². The Morgan fingerprint density at radius 1 is 0.958 bits per heavy atom. The fourth-order valence-corrected chi connectivity index (χ4v) is 2.94. The first-order valence-corrected chi connectivity index (χ1v) is 7.83. The molecule has 0 aliphatic rings. The van der Waals surface area contributed by atoms with E-state index in [1.807, 2.05) is 35.9 Å². The minimum Gasteiger partial charge on any atom is -0.350 e. The number of nitrogens with one attached hydrogen (secondary N) is 2. The Hall–Kier alpha value is -2.50. The average Bonchev–Trinajstić information content (AvgIpc) is 2.90. The zero-order valence-corrected chi connectivity index (χ0v) is 14.2. The van der Waals surface area contributed by atoms with Gasteiger partial charge in [0.2, 0.25) is 0 Å². The Bertz CT molecular complexity index is 950. The Balaban J connectivity index is 1.76. The predicted octanol–water partition coefficient (Wildman–Crippen LogP) is 3.56. The molecule has 1 aromatic heterocycles. The van der Waals surface area contributed by atoms with Gasteiger partial charge in [0.25, 0.3) is 11.8 Å². The quantitative estimate of drug-likeness (QED) is 0.685. The van der Waals surface area contributed by atoms with Gasteiger partial charge in [-0.3, -0.25) is 20.4 Å².